The van der Waals surface area contributed by atoms with Gasteiger partial charge >= 0.3 is 0 Å². The van der Waals surface area contributed by atoms with Crippen LogP contribution < -0.4 is 0 Å². The van der Waals surface area contributed by atoms with Crippen LogP contribution in [0.5, 0.6) is 5.75 Å². The Bertz CT molecular complexity index is 1110. The summed E-state index contributed by atoms with van der Waals surface area (Å²) in [6, 6.07) is 1.56. The molecule has 0 aromatic carbocycles. The Hall–Kier alpha value is -2.61. The van der Waals surface area contributed by atoms with Crippen LogP contribution in [0.15, 0.2) is 37.6 Å². The summed E-state index contributed by atoms with van der Waals surface area (Å²) in [6.45, 7) is 8.55. The van der Waals surface area contributed by atoms with E-state index in [9.17, 15) is 5.11 Å². The van der Waals surface area contributed by atoms with Gasteiger partial charge in [0.15, 0.2) is 5.01 Å². The summed E-state index contributed by atoms with van der Waals surface area (Å²) in [5.41, 5.74) is 1.10. The van der Waals surface area contributed by atoms with Crippen molar-refractivity contribution in [3.05, 3.63) is 42.6 Å². The largest absolute Gasteiger partial charge is 0.507 e. The SMILES string of the molecule is C=C(c1nnc(-c2cnc(-n3ccnc3)cc2O)s1)[C@@H]1C[C@@]2(C)CC[C@](C)(C2)[C@H]1F. The van der Waals surface area contributed by atoms with Gasteiger partial charge in [-0.2, -0.15) is 0 Å². The number of imidazole rings is 1. The first-order valence-corrected chi connectivity index (χ1v) is 10.9. The van der Waals surface area contributed by atoms with Crippen LogP contribution in [0.25, 0.3) is 22.0 Å². The zero-order valence-corrected chi connectivity index (χ0v) is 17.9. The summed E-state index contributed by atoms with van der Waals surface area (Å²) in [7, 11) is 0. The molecular weight excluding hydrogens is 401 g/mol. The van der Waals surface area contributed by atoms with E-state index in [0.29, 0.717) is 27.0 Å². The van der Waals surface area contributed by atoms with Gasteiger partial charge in [0.05, 0.1) is 5.56 Å². The average molecular weight is 426 g/mol. The molecule has 3 aromatic heterocycles. The summed E-state index contributed by atoms with van der Waals surface area (Å²) in [6.07, 6.45) is 9.39. The number of pyridine rings is 1. The van der Waals surface area contributed by atoms with Gasteiger partial charge in [0.25, 0.3) is 0 Å². The van der Waals surface area contributed by atoms with Gasteiger partial charge in [-0.1, -0.05) is 31.8 Å². The molecule has 8 heteroatoms. The van der Waals surface area contributed by atoms with Crippen molar-refractivity contribution in [2.45, 2.75) is 45.7 Å². The first-order chi connectivity index (χ1) is 14.3. The van der Waals surface area contributed by atoms with E-state index in [-0.39, 0.29) is 22.5 Å². The van der Waals surface area contributed by atoms with Crippen molar-refractivity contribution in [2.75, 3.05) is 0 Å². The van der Waals surface area contributed by atoms with E-state index >= 15 is 4.39 Å². The molecule has 6 nitrogen and oxygen atoms in total. The van der Waals surface area contributed by atoms with Crippen LogP contribution in [-0.4, -0.2) is 36.0 Å². The molecule has 2 fully saturated rings. The Morgan fingerprint density at radius 3 is 2.90 bits per heavy atom. The molecule has 3 aromatic rings. The van der Waals surface area contributed by atoms with Crippen molar-refractivity contribution in [3.63, 3.8) is 0 Å². The Balaban J connectivity index is 1.41. The van der Waals surface area contributed by atoms with Crippen LogP contribution in [0.3, 0.4) is 0 Å². The van der Waals surface area contributed by atoms with E-state index in [2.05, 4.69) is 40.6 Å². The fraction of sp³-hybridized carbons (Fsp3) is 0.455. The Morgan fingerprint density at radius 1 is 1.33 bits per heavy atom. The van der Waals surface area contributed by atoms with Crippen molar-refractivity contribution in [3.8, 4) is 22.1 Å². The second-order valence-corrected chi connectivity index (χ2v) is 10.3. The third-order valence-electron chi connectivity index (χ3n) is 6.88. The molecule has 0 unspecified atom stereocenters. The lowest BCUT2D eigenvalue weighted by Gasteiger charge is -2.43. The minimum Gasteiger partial charge on any atom is -0.507 e. The van der Waals surface area contributed by atoms with Gasteiger partial charge in [-0.25, -0.2) is 14.4 Å². The molecule has 0 radical (unpaired) electrons. The Kier molecular flexibility index (Phi) is 4.32. The second-order valence-electron chi connectivity index (χ2n) is 9.32. The molecule has 30 heavy (non-hydrogen) atoms. The van der Waals surface area contributed by atoms with Crippen LogP contribution in [-0.2, 0) is 0 Å². The number of halogens is 1. The van der Waals surface area contributed by atoms with E-state index in [4.69, 9.17) is 0 Å². The Morgan fingerprint density at radius 2 is 2.17 bits per heavy atom. The predicted octanol–water partition coefficient (Wildman–Crippen LogP) is 5.06. The highest BCUT2D eigenvalue weighted by molar-refractivity contribution is 7.15. The quantitative estimate of drug-likeness (QED) is 0.632. The van der Waals surface area contributed by atoms with Crippen molar-refractivity contribution in [1.29, 1.82) is 0 Å². The molecule has 0 aliphatic heterocycles. The number of allylic oxidation sites excluding steroid dienone is 1. The molecule has 3 heterocycles. The lowest BCUT2D eigenvalue weighted by molar-refractivity contribution is 0.0290. The second kappa shape index (κ2) is 6.70. The van der Waals surface area contributed by atoms with Gasteiger partial charge in [0.2, 0.25) is 0 Å². The summed E-state index contributed by atoms with van der Waals surface area (Å²) in [5, 5.41) is 20.2. The number of hydrogen-bond donors (Lipinski definition) is 1. The normalized spacial score (nSPS) is 30.5. The number of fused-ring (bicyclic) bond motifs is 2. The molecule has 0 saturated heterocycles. The fourth-order valence-electron chi connectivity index (χ4n) is 5.32. The van der Waals surface area contributed by atoms with Crippen molar-refractivity contribution >= 4 is 16.9 Å². The molecule has 0 spiro atoms. The fourth-order valence-corrected chi connectivity index (χ4v) is 6.22. The minimum absolute atomic E-state index is 0.0566. The third kappa shape index (κ3) is 3.05. The summed E-state index contributed by atoms with van der Waals surface area (Å²) < 4.78 is 17.1. The molecule has 5 rings (SSSR count). The maximum Gasteiger partial charge on any atom is 0.153 e. The van der Waals surface area contributed by atoms with Gasteiger partial charge in [-0.15, -0.1) is 10.2 Å². The first-order valence-electron chi connectivity index (χ1n) is 10.1. The van der Waals surface area contributed by atoms with Crippen molar-refractivity contribution in [2.24, 2.45) is 16.7 Å². The predicted molar refractivity (Wildman–Crippen MR) is 114 cm³/mol. The number of aromatic hydroxyl groups is 1. The van der Waals surface area contributed by atoms with E-state index < -0.39 is 6.17 Å². The van der Waals surface area contributed by atoms with E-state index in [1.807, 2.05) is 0 Å². The highest BCUT2D eigenvalue weighted by Crippen LogP contribution is 2.62. The highest BCUT2D eigenvalue weighted by atomic mass is 32.1. The number of nitrogens with zero attached hydrogens (tertiary/aromatic N) is 5. The average Bonchev–Trinajstić information content (AvgIpc) is 3.45. The molecule has 4 atom stereocenters. The number of aromatic nitrogens is 5. The van der Waals surface area contributed by atoms with Gasteiger partial charge in [0, 0.05) is 30.6 Å². The third-order valence-corrected chi connectivity index (χ3v) is 7.91. The minimum atomic E-state index is -0.919. The number of rotatable bonds is 4. The molecule has 2 aliphatic carbocycles. The maximum absolute atomic E-state index is 15.4. The topological polar surface area (TPSA) is 76.7 Å². The molecule has 156 valence electrons. The van der Waals surface area contributed by atoms with E-state index in [1.54, 1.807) is 35.6 Å². The molecule has 0 amide bonds. The van der Waals surface area contributed by atoms with Crippen LogP contribution in [0, 0.1) is 16.7 Å². The van der Waals surface area contributed by atoms with Crippen LogP contribution in [0.1, 0.15) is 44.5 Å². The zero-order valence-electron chi connectivity index (χ0n) is 17.0. The van der Waals surface area contributed by atoms with Crippen molar-refractivity contribution < 1.29 is 9.50 Å². The lowest BCUT2D eigenvalue weighted by atomic mass is 9.63. The maximum atomic E-state index is 15.4. The zero-order chi connectivity index (χ0) is 21.1. The van der Waals surface area contributed by atoms with Gasteiger partial charge in [0.1, 0.15) is 29.1 Å². The number of hydrogen-bond acceptors (Lipinski definition) is 6. The molecule has 2 aliphatic rings. The van der Waals surface area contributed by atoms with Crippen molar-refractivity contribution in [1.82, 2.24) is 24.7 Å². The summed E-state index contributed by atoms with van der Waals surface area (Å²) >= 11 is 1.32. The smallest absolute Gasteiger partial charge is 0.153 e. The molecule has 2 bridgehead atoms. The highest BCUT2D eigenvalue weighted by Gasteiger charge is 2.56. The van der Waals surface area contributed by atoms with Gasteiger partial charge in [-0.3, -0.25) is 4.57 Å². The standard InChI is InChI=1S/C22H24FN5OS/c1-13(14-9-21(2)4-5-22(3,11-21)18(14)23)19-26-27-20(30-19)15-10-25-17(8-16(15)29)28-7-6-24-12-28/h6-8,10,12,14,18H,1,4-5,9,11H2,2-3H3,(H,25,29)/t14-,18-,21+,22+/m0/s1. The van der Waals surface area contributed by atoms with Gasteiger partial charge in [-0.05, 0) is 42.1 Å². The van der Waals surface area contributed by atoms with Gasteiger partial charge < -0.3 is 5.11 Å². The lowest BCUT2D eigenvalue weighted by Crippen LogP contribution is -2.40. The van der Waals surface area contributed by atoms with E-state index in [1.165, 1.54) is 11.3 Å². The molecule has 1 N–H and O–H groups in total. The molecular formula is C22H24FN5OS. The van der Waals surface area contributed by atoms with Crippen LogP contribution in [0.2, 0.25) is 0 Å². The Labute approximate surface area is 178 Å². The summed E-state index contributed by atoms with van der Waals surface area (Å²) in [5.74, 6) is 0.371. The molecule has 2 saturated carbocycles. The van der Waals surface area contributed by atoms with Crippen LogP contribution >= 0.6 is 11.3 Å². The van der Waals surface area contributed by atoms with Crippen LogP contribution in [0.4, 0.5) is 4.39 Å². The summed E-state index contributed by atoms with van der Waals surface area (Å²) in [4.78, 5) is 8.37. The monoisotopic (exact) mass is 425 g/mol. The van der Waals surface area contributed by atoms with E-state index in [0.717, 1.165) is 25.7 Å². The number of alkyl halides is 1. The first kappa shape index (κ1) is 19.4.